The second-order valence-corrected chi connectivity index (χ2v) is 7.91. The maximum absolute atomic E-state index is 12.1. The summed E-state index contributed by atoms with van der Waals surface area (Å²) in [6.07, 6.45) is 4.18. The van der Waals surface area contributed by atoms with Gasteiger partial charge in [-0.15, -0.1) is 0 Å². The fourth-order valence-corrected chi connectivity index (χ4v) is 4.11. The van der Waals surface area contributed by atoms with Crippen LogP contribution in [0.15, 0.2) is 18.2 Å². The molecule has 3 rings (SSSR count). The van der Waals surface area contributed by atoms with Crippen LogP contribution < -0.4 is 0 Å². The second-order valence-electron chi connectivity index (χ2n) is 5.73. The molecule has 2 aliphatic rings. The van der Waals surface area contributed by atoms with Gasteiger partial charge in [-0.05, 0) is 35.4 Å². The van der Waals surface area contributed by atoms with Crippen molar-refractivity contribution in [2.45, 2.75) is 38.0 Å². The number of sulfone groups is 1. The van der Waals surface area contributed by atoms with Crippen molar-refractivity contribution in [3.05, 3.63) is 34.9 Å². The van der Waals surface area contributed by atoms with Gasteiger partial charge in [0, 0.05) is 0 Å². The van der Waals surface area contributed by atoms with Crippen molar-refractivity contribution >= 4 is 9.84 Å². The Labute approximate surface area is 114 Å². The fourth-order valence-electron chi connectivity index (χ4n) is 2.59. The molecule has 0 saturated heterocycles. The first-order valence-corrected chi connectivity index (χ1v) is 8.83. The van der Waals surface area contributed by atoms with Crippen LogP contribution in [0.2, 0.25) is 0 Å². The van der Waals surface area contributed by atoms with E-state index in [9.17, 15) is 8.42 Å². The van der Waals surface area contributed by atoms with E-state index >= 15 is 0 Å². The molecule has 104 valence electrons. The lowest BCUT2D eigenvalue weighted by molar-refractivity contribution is 0.110. The molecule has 0 radical (unpaired) electrons. The highest BCUT2D eigenvalue weighted by molar-refractivity contribution is 7.90. The summed E-state index contributed by atoms with van der Waals surface area (Å²) in [6, 6.07) is 5.99. The summed E-state index contributed by atoms with van der Waals surface area (Å²) in [6.45, 7) is 1.40. The van der Waals surface area contributed by atoms with Crippen LogP contribution in [0.5, 0.6) is 0 Å². The maximum atomic E-state index is 12.1. The Kier molecular flexibility index (Phi) is 3.63. The molecular formula is C15H20O3S. The van der Waals surface area contributed by atoms with Gasteiger partial charge in [-0.3, -0.25) is 0 Å². The van der Waals surface area contributed by atoms with E-state index in [2.05, 4.69) is 0 Å². The van der Waals surface area contributed by atoms with Crippen LogP contribution >= 0.6 is 0 Å². The molecule has 0 spiro atoms. The highest BCUT2D eigenvalue weighted by atomic mass is 32.2. The van der Waals surface area contributed by atoms with E-state index in [1.807, 2.05) is 18.2 Å². The fraction of sp³-hybridized carbons (Fsp3) is 0.600. The molecule has 4 heteroatoms. The minimum Gasteiger partial charge on any atom is -0.376 e. The monoisotopic (exact) mass is 280 g/mol. The van der Waals surface area contributed by atoms with Gasteiger partial charge < -0.3 is 4.74 Å². The average molecular weight is 280 g/mol. The van der Waals surface area contributed by atoms with Crippen LogP contribution in [0.1, 0.15) is 36.0 Å². The predicted octanol–water partition coefficient (Wildman–Crippen LogP) is 2.47. The summed E-state index contributed by atoms with van der Waals surface area (Å²) in [5.41, 5.74) is 3.38. The predicted molar refractivity (Wildman–Crippen MR) is 74.6 cm³/mol. The quantitative estimate of drug-likeness (QED) is 0.832. The molecule has 1 saturated carbocycles. The molecule has 1 aliphatic heterocycles. The number of benzene rings is 1. The second kappa shape index (κ2) is 5.25. The van der Waals surface area contributed by atoms with Crippen molar-refractivity contribution in [2.24, 2.45) is 5.92 Å². The first kappa shape index (κ1) is 13.1. The number of fused-ring (bicyclic) bond motifs is 1. The largest absolute Gasteiger partial charge is 0.376 e. The molecule has 0 aromatic heterocycles. The maximum Gasteiger partial charge on any atom is 0.154 e. The zero-order chi connectivity index (χ0) is 13.3. The summed E-state index contributed by atoms with van der Waals surface area (Å²) < 4.78 is 29.5. The first-order valence-electron chi connectivity index (χ1n) is 7.01. The molecule has 0 bridgehead atoms. The zero-order valence-corrected chi connectivity index (χ0v) is 11.9. The standard InChI is InChI=1S/C15H20O3S/c16-19(17,8-6-12-1-2-12)11-13-3-4-15-10-18-7-5-14(15)9-13/h3-4,9,12H,1-2,5-8,10-11H2. The number of hydrogen-bond donors (Lipinski definition) is 0. The van der Waals surface area contributed by atoms with Crippen LogP contribution in [0.4, 0.5) is 0 Å². The summed E-state index contributed by atoms with van der Waals surface area (Å²) >= 11 is 0. The van der Waals surface area contributed by atoms with Gasteiger partial charge in [0.2, 0.25) is 0 Å². The van der Waals surface area contributed by atoms with Crippen LogP contribution in [-0.4, -0.2) is 20.8 Å². The van der Waals surface area contributed by atoms with Crippen molar-refractivity contribution in [3.63, 3.8) is 0 Å². The van der Waals surface area contributed by atoms with E-state index in [4.69, 9.17) is 4.74 Å². The van der Waals surface area contributed by atoms with Crippen molar-refractivity contribution < 1.29 is 13.2 Å². The van der Waals surface area contributed by atoms with Crippen LogP contribution in [0.25, 0.3) is 0 Å². The third-order valence-corrected chi connectivity index (χ3v) is 5.60. The van der Waals surface area contributed by atoms with E-state index in [-0.39, 0.29) is 5.75 Å². The van der Waals surface area contributed by atoms with E-state index in [1.165, 1.54) is 24.0 Å². The Morgan fingerprint density at radius 3 is 2.84 bits per heavy atom. The highest BCUT2D eigenvalue weighted by Gasteiger charge is 2.24. The Bertz CT molecular complexity index is 559. The SMILES string of the molecule is O=S(=O)(CCC1CC1)Cc1ccc2c(c1)CCOC2. The molecule has 0 N–H and O–H groups in total. The Morgan fingerprint density at radius 2 is 2.05 bits per heavy atom. The summed E-state index contributed by atoms with van der Waals surface area (Å²) in [7, 11) is -2.95. The van der Waals surface area contributed by atoms with E-state index in [0.29, 0.717) is 18.3 Å². The van der Waals surface area contributed by atoms with E-state index in [1.54, 1.807) is 0 Å². The topological polar surface area (TPSA) is 43.4 Å². The summed E-state index contributed by atoms with van der Waals surface area (Å²) in [4.78, 5) is 0. The number of hydrogen-bond acceptors (Lipinski definition) is 3. The Morgan fingerprint density at radius 1 is 1.21 bits per heavy atom. The minimum absolute atomic E-state index is 0.188. The minimum atomic E-state index is -2.95. The zero-order valence-electron chi connectivity index (χ0n) is 11.1. The third-order valence-electron chi connectivity index (χ3n) is 3.96. The van der Waals surface area contributed by atoms with Crippen molar-refractivity contribution in [2.75, 3.05) is 12.4 Å². The van der Waals surface area contributed by atoms with Gasteiger partial charge in [0.25, 0.3) is 0 Å². The first-order chi connectivity index (χ1) is 9.12. The molecular weight excluding hydrogens is 260 g/mol. The molecule has 19 heavy (non-hydrogen) atoms. The molecule has 1 aromatic carbocycles. The number of ether oxygens (including phenoxy) is 1. The van der Waals surface area contributed by atoms with Gasteiger partial charge in [0.15, 0.2) is 9.84 Å². The van der Waals surface area contributed by atoms with Crippen molar-refractivity contribution in [1.82, 2.24) is 0 Å². The van der Waals surface area contributed by atoms with Crippen LogP contribution in [0, 0.1) is 5.92 Å². The Balaban J connectivity index is 1.68. The molecule has 1 aliphatic carbocycles. The molecule has 1 fully saturated rings. The lowest BCUT2D eigenvalue weighted by Gasteiger charge is -2.17. The highest BCUT2D eigenvalue weighted by Crippen LogP contribution is 2.33. The molecule has 1 heterocycles. The van der Waals surface area contributed by atoms with Gasteiger partial charge in [-0.1, -0.05) is 31.0 Å². The van der Waals surface area contributed by atoms with Gasteiger partial charge in [-0.2, -0.15) is 0 Å². The van der Waals surface area contributed by atoms with Crippen molar-refractivity contribution in [3.8, 4) is 0 Å². The smallest absolute Gasteiger partial charge is 0.154 e. The molecule has 1 aromatic rings. The Hall–Kier alpha value is -0.870. The normalized spacial score (nSPS) is 19.2. The lowest BCUT2D eigenvalue weighted by Crippen LogP contribution is -2.13. The molecule has 0 unspecified atom stereocenters. The van der Waals surface area contributed by atoms with Gasteiger partial charge in [-0.25, -0.2) is 8.42 Å². The summed E-state index contributed by atoms with van der Waals surface area (Å²) in [5, 5.41) is 0. The van der Waals surface area contributed by atoms with Crippen LogP contribution in [-0.2, 0) is 33.4 Å². The van der Waals surface area contributed by atoms with E-state index < -0.39 is 9.84 Å². The summed E-state index contributed by atoms with van der Waals surface area (Å²) in [5.74, 6) is 1.21. The average Bonchev–Trinajstić information content (AvgIpc) is 3.20. The molecule has 0 atom stereocenters. The molecule has 3 nitrogen and oxygen atoms in total. The van der Waals surface area contributed by atoms with Gasteiger partial charge in [0.1, 0.15) is 0 Å². The number of rotatable bonds is 5. The lowest BCUT2D eigenvalue weighted by atomic mass is 10.0. The van der Waals surface area contributed by atoms with E-state index in [0.717, 1.165) is 25.0 Å². The van der Waals surface area contributed by atoms with Gasteiger partial charge in [0.05, 0.1) is 24.7 Å². The van der Waals surface area contributed by atoms with Crippen LogP contribution in [0.3, 0.4) is 0 Å². The third kappa shape index (κ3) is 3.57. The molecule has 0 amide bonds. The van der Waals surface area contributed by atoms with Gasteiger partial charge >= 0.3 is 0 Å². The van der Waals surface area contributed by atoms with Crippen molar-refractivity contribution in [1.29, 1.82) is 0 Å².